The van der Waals surface area contributed by atoms with Gasteiger partial charge in [-0.25, -0.2) is 4.39 Å². The molecule has 0 saturated heterocycles. The number of alkyl halides is 1. The quantitative estimate of drug-likeness (QED) is 0.838. The van der Waals surface area contributed by atoms with E-state index in [1.807, 2.05) is 0 Å². The molecule has 0 spiro atoms. The van der Waals surface area contributed by atoms with Crippen molar-refractivity contribution in [1.29, 1.82) is 0 Å². The molecule has 0 amide bonds. The highest BCUT2D eigenvalue weighted by molar-refractivity contribution is 5.69. The van der Waals surface area contributed by atoms with Crippen molar-refractivity contribution < 1.29 is 19.0 Å². The number of rotatable bonds is 5. The molecule has 0 radical (unpaired) electrons. The van der Waals surface area contributed by atoms with Gasteiger partial charge in [0, 0.05) is 5.56 Å². The smallest absolute Gasteiger partial charge is 0.306 e. The number of hydrogen-bond donors (Lipinski definition) is 1. The average molecular weight is 226 g/mol. The summed E-state index contributed by atoms with van der Waals surface area (Å²) < 4.78 is 17.6. The van der Waals surface area contributed by atoms with Crippen LogP contribution in [0.3, 0.4) is 0 Å². The van der Waals surface area contributed by atoms with Gasteiger partial charge >= 0.3 is 5.97 Å². The number of benzene rings is 1. The second kappa shape index (κ2) is 5.49. The molecule has 0 aliphatic rings. The van der Waals surface area contributed by atoms with Gasteiger partial charge in [-0.3, -0.25) is 4.79 Å². The molecule has 0 heterocycles. The van der Waals surface area contributed by atoms with Crippen LogP contribution in [0.15, 0.2) is 18.2 Å². The minimum atomic E-state index is -0.849. The normalized spacial score (nSPS) is 12.2. The zero-order valence-electron chi connectivity index (χ0n) is 9.37. The molecule has 0 fully saturated rings. The topological polar surface area (TPSA) is 46.5 Å². The van der Waals surface area contributed by atoms with E-state index in [9.17, 15) is 9.18 Å². The molecule has 0 saturated carbocycles. The van der Waals surface area contributed by atoms with E-state index in [4.69, 9.17) is 9.84 Å². The van der Waals surface area contributed by atoms with E-state index >= 15 is 0 Å². The molecule has 88 valence electrons. The van der Waals surface area contributed by atoms with E-state index in [-0.39, 0.29) is 0 Å². The van der Waals surface area contributed by atoms with Crippen molar-refractivity contribution in [2.24, 2.45) is 5.92 Å². The summed E-state index contributed by atoms with van der Waals surface area (Å²) in [5.41, 5.74) is 1.26. The maximum Gasteiger partial charge on any atom is 0.306 e. The van der Waals surface area contributed by atoms with Crippen LogP contribution in [-0.2, 0) is 17.9 Å². The number of halogens is 1. The Morgan fingerprint density at radius 3 is 2.75 bits per heavy atom. The molecule has 4 heteroatoms. The van der Waals surface area contributed by atoms with E-state index in [2.05, 4.69) is 0 Å². The third-order valence-electron chi connectivity index (χ3n) is 2.45. The van der Waals surface area contributed by atoms with Crippen molar-refractivity contribution in [3.05, 3.63) is 29.3 Å². The summed E-state index contributed by atoms with van der Waals surface area (Å²) in [6.45, 7) is 1.01. The molecule has 3 nitrogen and oxygen atoms in total. The summed E-state index contributed by atoms with van der Waals surface area (Å²) in [6, 6.07) is 5.08. The van der Waals surface area contributed by atoms with E-state index < -0.39 is 18.6 Å². The van der Waals surface area contributed by atoms with Gasteiger partial charge in [-0.05, 0) is 24.1 Å². The van der Waals surface area contributed by atoms with Crippen LogP contribution in [0.5, 0.6) is 5.75 Å². The predicted octanol–water partition coefficient (Wildman–Crippen LogP) is 2.43. The SMILES string of the molecule is COc1ccc(CC(C)C(=O)O)cc1CF. The first-order valence-corrected chi connectivity index (χ1v) is 5.03. The summed E-state index contributed by atoms with van der Waals surface area (Å²) in [7, 11) is 1.48. The van der Waals surface area contributed by atoms with Crippen LogP contribution in [0, 0.1) is 5.92 Å². The summed E-state index contributed by atoms with van der Waals surface area (Å²) in [6.07, 6.45) is 0.395. The minimum absolute atomic E-state index is 0.395. The van der Waals surface area contributed by atoms with Gasteiger partial charge < -0.3 is 9.84 Å². The number of methoxy groups -OCH3 is 1. The number of carbonyl (C=O) groups is 1. The molecule has 0 bridgehead atoms. The van der Waals surface area contributed by atoms with Crippen molar-refractivity contribution >= 4 is 5.97 Å². The lowest BCUT2D eigenvalue weighted by molar-refractivity contribution is -0.141. The fourth-order valence-corrected chi connectivity index (χ4v) is 1.50. The molecular formula is C12H15FO3. The molecule has 0 aliphatic carbocycles. The van der Waals surface area contributed by atoms with Gasteiger partial charge in [0.25, 0.3) is 0 Å². The number of carboxylic acid groups (broad SMARTS) is 1. The van der Waals surface area contributed by atoms with Crippen molar-refractivity contribution in [3.8, 4) is 5.75 Å². The molecule has 1 atom stereocenters. The highest BCUT2D eigenvalue weighted by Gasteiger charge is 2.13. The Labute approximate surface area is 93.9 Å². The Balaban J connectivity index is 2.86. The third-order valence-corrected chi connectivity index (χ3v) is 2.45. The fourth-order valence-electron chi connectivity index (χ4n) is 1.50. The van der Waals surface area contributed by atoms with E-state index in [1.54, 1.807) is 25.1 Å². The molecule has 1 aromatic carbocycles. The second-order valence-corrected chi connectivity index (χ2v) is 3.72. The molecule has 1 rings (SSSR count). The third kappa shape index (κ3) is 2.95. The summed E-state index contributed by atoms with van der Waals surface area (Å²) in [5.74, 6) is -0.826. The van der Waals surface area contributed by atoms with Gasteiger partial charge in [0.2, 0.25) is 0 Å². The van der Waals surface area contributed by atoms with E-state index in [0.717, 1.165) is 5.56 Å². The van der Waals surface area contributed by atoms with Gasteiger partial charge in [0.15, 0.2) is 0 Å². The van der Waals surface area contributed by atoms with Crippen LogP contribution in [-0.4, -0.2) is 18.2 Å². The van der Waals surface area contributed by atoms with Crippen LogP contribution in [0.2, 0.25) is 0 Å². The fraction of sp³-hybridized carbons (Fsp3) is 0.417. The van der Waals surface area contributed by atoms with E-state index in [0.29, 0.717) is 17.7 Å². The van der Waals surface area contributed by atoms with E-state index in [1.165, 1.54) is 7.11 Å². The average Bonchev–Trinajstić information content (AvgIpc) is 2.28. The van der Waals surface area contributed by atoms with Crippen molar-refractivity contribution in [2.75, 3.05) is 7.11 Å². The summed E-state index contributed by atoms with van der Waals surface area (Å²) in [4.78, 5) is 10.7. The Morgan fingerprint density at radius 2 is 2.25 bits per heavy atom. The number of aliphatic carboxylic acids is 1. The van der Waals surface area contributed by atoms with Gasteiger partial charge in [-0.15, -0.1) is 0 Å². The predicted molar refractivity (Wildman–Crippen MR) is 58.3 cm³/mol. The second-order valence-electron chi connectivity index (χ2n) is 3.72. The minimum Gasteiger partial charge on any atom is -0.496 e. The van der Waals surface area contributed by atoms with Gasteiger partial charge in [-0.1, -0.05) is 13.0 Å². The Hall–Kier alpha value is -1.58. The van der Waals surface area contributed by atoms with Gasteiger partial charge in [0.05, 0.1) is 13.0 Å². The maximum atomic E-state index is 12.7. The highest BCUT2D eigenvalue weighted by Crippen LogP contribution is 2.22. The van der Waals surface area contributed by atoms with Crippen LogP contribution >= 0.6 is 0 Å². The van der Waals surface area contributed by atoms with Gasteiger partial charge in [0.1, 0.15) is 12.4 Å². The number of hydrogen-bond acceptors (Lipinski definition) is 2. The molecule has 0 aromatic heterocycles. The molecule has 1 aromatic rings. The number of carboxylic acids is 1. The van der Waals surface area contributed by atoms with Crippen LogP contribution in [0.25, 0.3) is 0 Å². The zero-order valence-corrected chi connectivity index (χ0v) is 9.37. The monoisotopic (exact) mass is 226 g/mol. The largest absolute Gasteiger partial charge is 0.496 e. The van der Waals surface area contributed by atoms with Crippen LogP contribution < -0.4 is 4.74 Å². The zero-order chi connectivity index (χ0) is 12.1. The lowest BCUT2D eigenvalue weighted by Gasteiger charge is -2.10. The van der Waals surface area contributed by atoms with Crippen LogP contribution in [0.1, 0.15) is 18.1 Å². The van der Waals surface area contributed by atoms with Crippen molar-refractivity contribution in [3.63, 3.8) is 0 Å². The van der Waals surface area contributed by atoms with Crippen molar-refractivity contribution in [2.45, 2.75) is 20.0 Å². The Bertz CT molecular complexity index is 377. The van der Waals surface area contributed by atoms with Crippen molar-refractivity contribution in [1.82, 2.24) is 0 Å². The standard InChI is InChI=1S/C12H15FO3/c1-8(12(14)15)5-9-3-4-11(16-2)10(6-9)7-13/h3-4,6,8H,5,7H2,1-2H3,(H,14,15). The van der Waals surface area contributed by atoms with Crippen LogP contribution in [0.4, 0.5) is 4.39 Å². The molecule has 16 heavy (non-hydrogen) atoms. The van der Waals surface area contributed by atoms with Gasteiger partial charge in [-0.2, -0.15) is 0 Å². The summed E-state index contributed by atoms with van der Waals surface area (Å²) >= 11 is 0. The molecule has 1 unspecified atom stereocenters. The first kappa shape index (κ1) is 12.5. The molecular weight excluding hydrogens is 211 g/mol. The first-order chi connectivity index (χ1) is 7.58. The lowest BCUT2D eigenvalue weighted by atomic mass is 9.99. The highest BCUT2D eigenvalue weighted by atomic mass is 19.1. The molecule has 0 aliphatic heterocycles. The Kier molecular flexibility index (Phi) is 4.28. The Morgan fingerprint density at radius 1 is 1.56 bits per heavy atom. The molecule has 1 N–H and O–H groups in total. The first-order valence-electron chi connectivity index (χ1n) is 5.03. The number of ether oxygens (including phenoxy) is 1. The maximum absolute atomic E-state index is 12.7. The summed E-state index contributed by atoms with van der Waals surface area (Å²) in [5, 5.41) is 8.77. The lowest BCUT2D eigenvalue weighted by Crippen LogP contribution is -2.12.